The molecule has 5 heteroatoms. The molecule has 2 rings (SSSR count). The molecule has 0 bridgehead atoms. The van der Waals surface area contributed by atoms with E-state index in [1.807, 2.05) is 0 Å². The highest BCUT2D eigenvalue weighted by Crippen LogP contribution is 2.26. The average molecular weight is 277 g/mol. The maximum absolute atomic E-state index is 5.77. The van der Waals surface area contributed by atoms with Crippen LogP contribution in [0.2, 0.25) is 5.28 Å². The number of halogens is 2. The van der Waals surface area contributed by atoms with Crippen molar-refractivity contribution in [1.29, 1.82) is 0 Å². The second kappa shape index (κ2) is 4.45. The van der Waals surface area contributed by atoms with E-state index in [4.69, 9.17) is 11.6 Å². The Kier molecular flexibility index (Phi) is 3.23. The van der Waals surface area contributed by atoms with Crippen molar-refractivity contribution < 1.29 is 0 Å². The second-order valence-corrected chi connectivity index (χ2v) is 4.55. The van der Waals surface area contributed by atoms with E-state index in [-0.39, 0.29) is 0 Å². The fourth-order valence-corrected chi connectivity index (χ4v) is 2.24. The second-order valence-electron chi connectivity index (χ2n) is 3.36. The quantitative estimate of drug-likeness (QED) is 0.739. The van der Waals surface area contributed by atoms with Gasteiger partial charge < -0.3 is 4.90 Å². The van der Waals surface area contributed by atoms with Crippen molar-refractivity contribution in [2.24, 2.45) is 0 Å². The fourth-order valence-electron chi connectivity index (χ4n) is 1.66. The van der Waals surface area contributed by atoms with Gasteiger partial charge in [-0.3, -0.25) is 0 Å². The predicted molar refractivity (Wildman–Crippen MR) is 60.8 cm³/mol. The molecule has 76 valence electrons. The Morgan fingerprint density at radius 3 is 2.71 bits per heavy atom. The Hall–Kier alpha value is -0.350. The summed E-state index contributed by atoms with van der Waals surface area (Å²) in [4.78, 5) is 10.4. The third-order valence-corrected chi connectivity index (χ3v) is 3.09. The molecule has 0 aromatic carbocycles. The summed E-state index contributed by atoms with van der Waals surface area (Å²) in [6, 6.07) is 0. The van der Waals surface area contributed by atoms with Gasteiger partial charge in [0.2, 0.25) is 5.28 Å². The molecule has 0 spiro atoms. The molecule has 1 aliphatic heterocycles. The topological polar surface area (TPSA) is 29.0 Å². The molecule has 0 N–H and O–H groups in total. The van der Waals surface area contributed by atoms with E-state index in [1.165, 1.54) is 19.3 Å². The van der Waals surface area contributed by atoms with Gasteiger partial charge in [0.1, 0.15) is 5.82 Å². The van der Waals surface area contributed by atoms with Gasteiger partial charge in [0, 0.05) is 19.3 Å². The first-order valence-electron chi connectivity index (χ1n) is 4.70. The minimum Gasteiger partial charge on any atom is -0.356 e. The van der Waals surface area contributed by atoms with Crippen molar-refractivity contribution in [3.63, 3.8) is 0 Å². The summed E-state index contributed by atoms with van der Waals surface area (Å²) in [6.07, 6.45) is 5.48. The van der Waals surface area contributed by atoms with Crippen LogP contribution in [0.4, 0.5) is 5.82 Å². The largest absolute Gasteiger partial charge is 0.356 e. The zero-order chi connectivity index (χ0) is 9.97. The number of hydrogen-bond donors (Lipinski definition) is 0. The van der Waals surface area contributed by atoms with Gasteiger partial charge in [-0.1, -0.05) is 0 Å². The number of rotatable bonds is 1. The van der Waals surface area contributed by atoms with Gasteiger partial charge >= 0.3 is 0 Å². The molecule has 0 atom stereocenters. The number of nitrogens with zero attached hydrogens (tertiary/aromatic N) is 3. The molecular formula is C9H11BrClN3. The molecule has 1 fully saturated rings. The van der Waals surface area contributed by atoms with E-state index >= 15 is 0 Å². The lowest BCUT2D eigenvalue weighted by atomic mass is 10.1. The van der Waals surface area contributed by atoms with Crippen LogP contribution >= 0.6 is 27.5 Å². The average Bonchev–Trinajstić information content (AvgIpc) is 2.23. The Balaban J connectivity index is 2.24. The first-order valence-corrected chi connectivity index (χ1v) is 5.87. The minimum atomic E-state index is 0.314. The fraction of sp³-hybridized carbons (Fsp3) is 0.556. The lowest BCUT2D eigenvalue weighted by Crippen LogP contribution is -2.30. The predicted octanol–water partition coefficient (Wildman–Crippen LogP) is 2.88. The van der Waals surface area contributed by atoms with Crippen LogP contribution in [0, 0.1) is 0 Å². The summed E-state index contributed by atoms with van der Waals surface area (Å²) in [6.45, 7) is 2.12. The van der Waals surface area contributed by atoms with Crippen LogP contribution in [0.25, 0.3) is 0 Å². The molecule has 1 aromatic rings. The third kappa shape index (κ3) is 2.17. The molecule has 2 heterocycles. The molecule has 0 unspecified atom stereocenters. The van der Waals surface area contributed by atoms with Crippen molar-refractivity contribution in [2.75, 3.05) is 18.0 Å². The van der Waals surface area contributed by atoms with E-state index in [0.29, 0.717) is 5.28 Å². The molecule has 3 nitrogen and oxygen atoms in total. The van der Waals surface area contributed by atoms with Crippen molar-refractivity contribution in [3.8, 4) is 0 Å². The van der Waals surface area contributed by atoms with Gasteiger partial charge in [-0.25, -0.2) is 4.98 Å². The lowest BCUT2D eigenvalue weighted by Gasteiger charge is -2.28. The minimum absolute atomic E-state index is 0.314. The molecule has 1 aliphatic rings. The molecule has 1 saturated heterocycles. The Morgan fingerprint density at radius 2 is 2.00 bits per heavy atom. The smallest absolute Gasteiger partial charge is 0.224 e. The van der Waals surface area contributed by atoms with Crippen LogP contribution in [0.1, 0.15) is 19.3 Å². The van der Waals surface area contributed by atoms with Crippen LogP contribution in [-0.2, 0) is 0 Å². The number of piperidine rings is 1. The van der Waals surface area contributed by atoms with Crippen LogP contribution in [0.3, 0.4) is 0 Å². The zero-order valence-corrected chi connectivity index (χ0v) is 10.1. The molecule has 1 aromatic heterocycles. The molecule has 0 saturated carbocycles. The molecule has 0 radical (unpaired) electrons. The molecular weight excluding hydrogens is 265 g/mol. The maximum atomic E-state index is 5.77. The number of hydrogen-bond acceptors (Lipinski definition) is 3. The summed E-state index contributed by atoms with van der Waals surface area (Å²) < 4.78 is 0.920. The Morgan fingerprint density at radius 1 is 1.29 bits per heavy atom. The Bertz CT molecular complexity index is 326. The van der Waals surface area contributed by atoms with Gasteiger partial charge in [-0.15, -0.1) is 0 Å². The summed E-state index contributed by atoms with van der Waals surface area (Å²) in [5.74, 6) is 0.921. The molecule has 0 amide bonds. The summed E-state index contributed by atoms with van der Waals surface area (Å²) in [5.41, 5.74) is 0. The van der Waals surface area contributed by atoms with E-state index < -0.39 is 0 Å². The SMILES string of the molecule is Clc1ncc(Br)c(N2CCCCC2)n1. The van der Waals surface area contributed by atoms with Crippen LogP contribution in [0.5, 0.6) is 0 Å². The Labute approximate surface area is 96.6 Å². The highest BCUT2D eigenvalue weighted by molar-refractivity contribution is 9.10. The van der Waals surface area contributed by atoms with Gasteiger partial charge in [0.15, 0.2) is 0 Å². The number of aromatic nitrogens is 2. The van der Waals surface area contributed by atoms with Crippen LogP contribution < -0.4 is 4.90 Å². The summed E-state index contributed by atoms with van der Waals surface area (Å²) in [7, 11) is 0. The maximum Gasteiger partial charge on any atom is 0.224 e. The number of anilines is 1. The monoisotopic (exact) mass is 275 g/mol. The van der Waals surface area contributed by atoms with Crippen LogP contribution in [-0.4, -0.2) is 23.1 Å². The van der Waals surface area contributed by atoms with E-state index in [9.17, 15) is 0 Å². The van der Waals surface area contributed by atoms with Gasteiger partial charge in [-0.05, 0) is 46.8 Å². The van der Waals surface area contributed by atoms with Gasteiger partial charge in [0.05, 0.1) is 4.47 Å². The standard InChI is InChI=1S/C9H11BrClN3/c10-7-6-12-9(11)13-8(7)14-4-2-1-3-5-14/h6H,1-5H2. The first kappa shape index (κ1) is 10.2. The molecule has 0 aliphatic carbocycles. The third-order valence-electron chi connectivity index (χ3n) is 2.35. The summed E-state index contributed by atoms with van der Waals surface area (Å²) in [5, 5.41) is 0.314. The first-order chi connectivity index (χ1) is 6.77. The van der Waals surface area contributed by atoms with Crippen molar-refractivity contribution in [1.82, 2.24) is 9.97 Å². The highest BCUT2D eigenvalue weighted by atomic mass is 79.9. The summed E-state index contributed by atoms with van der Waals surface area (Å²) >= 11 is 9.21. The van der Waals surface area contributed by atoms with E-state index in [1.54, 1.807) is 6.20 Å². The highest BCUT2D eigenvalue weighted by Gasteiger charge is 2.15. The van der Waals surface area contributed by atoms with Crippen LogP contribution in [0.15, 0.2) is 10.7 Å². The lowest BCUT2D eigenvalue weighted by molar-refractivity contribution is 0.572. The van der Waals surface area contributed by atoms with Gasteiger partial charge in [0.25, 0.3) is 0 Å². The van der Waals surface area contributed by atoms with E-state index in [0.717, 1.165) is 23.4 Å². The normalized spacial score (nSPS) is 17.1. The van der Waals surface area contributed by atoms with E-state index in [2.05, 4.69) is 30.8 Å². The zero-order valence-electron chi connectivity index (χ0n) is 7.71. The van der Waals surface area contributed by atoms with Crippen molar-refractivity contribution >= 4 is 33.3 Å². The van der Waals surface area contributed by atoms with Gasteiger partial charge in [-0.2, -0.15) is 4.98 Å². The van der Waals surface area contributed by atoms with Crippen molar-refractivity contribution in [3.05, 3.63) is 16.0 Å². The molecule has 14 heavy (non-hydrogen) atoms. The van der Waals surface area contributed by atoms with Crippen molar-refractivity contribution in [2.45, 2.75) is 19.3 Å².